The van der Waals surface area contributed by atoms with Crippen LogP contribution in [-0.4, -0.2) is 40.9 Å². The summed E-state index contributed by atoms with van der Waals surface area (Å²) in [6.45, 7) is 6.97. The van der Waals surface area contributed by atoms with Gasteiger partial charge >= 0.3 is 0 Å². The fraction of sp³-hybridized carbons (Fsp3) is 0.400. The van der Waals surface area contributed by atoms with Gasteiger partial charge in [-0.1, -0.05) is 42.5 Å². The van der Waals surface area contributed by atoms with E-state index in [0.29, 0.717) is 12.5 Å². The lowest BCUT2D eigenvalue weighted by molar-refractivity contribution is 0.203. The summed E-state index contributed by atoms with van der Waals surface area (Å²) in [5.74, 6) is 2.58. The van der Waals surface area contributed by atoms with Crippen LogP contribution >= 0.6 is 0 Å². The van der Waals surface area contributed by atoms with Crippen LogP contribution in [0.2, 0.25) is 0 Å². The number of hydrogen-bond donors (Lipinski definition) is 1. The summed E-state index contributed by atoms with van der Waals surface area (Å²) < 4.78 is 7.96. The van der Waals surface area contributed by atoms with Crippen molar-refractivity contribution in [1.29, 1.82) is 0 Å². The van der Waals surface area contributed by atoms with E-state index in [4.69, 9.17) is 9.84 Å². The maximum Gasteiger partial charge on any atom is 0.145 e. The molecule has 0 spiro atoms. The average molecular weight is 403 g/mol. The van der Waals surface area contributed by atoms with Crippen molar-refractivity contribution in [3.05, 3.63) is 71.4 Å². The monoisotopic (exact) mass is 402 g/mol. The van der Waals surface area contributed by atoms with Crippen LogP contribution in [0.3, 0.4) is 0 Å². The summed E-state index contributed by atoms with van der Waals surface area (Å²) in [4.78, 5) is 2.58. The number of hydrogen-bond acceptors (Lipinski definition) is 4. The molecule has 0 unspecified atom stereocenters. The molecular formula is C25H30N4O. The first-order chi connectivity index (χ1) is 14.8. The SMILES string of the molecule is CCOc1ccccc1-n1nc(C2CCN(Cc3ccccc3)CC2)c2c1NCC2. The number of benzene rings is 2. The molecular weight excluding hydrogens is 372 g/mol. The topological polar surface area (TPSA) is 42.3 Å². The van der Waals surface area contributed by atoms with Crippen molar-refractivity contribution in [2.45, 2.75) is 38.6 Å². The molecule has 0 bridgehead atoms. The van der Waals surface area contributed by atoms with Gasteiger partial charge < -0.3 is 10.1 Å². The van der Waals surface area contributed by atoms with Gasteiger partial charge in [-0.2, -0.15) is 5.10 Å². The molecule has 156 valence electrons. The van der Waals surface area contributed by atoms with Gasteiger partial charge in [0.05, 0.1) is 12.3 Å². The lowest BCUT2D eigenvalue weighted by Gasteiger charge is -2.31. The zero-order valence-corrected chi connectivity index (χ0v) is 17.7. The molecule has 2 aliphatic heterocycles. The number of anilines is 1. The Bertz CT molecular complexity index is 990. The predicted octanol–water partition coefficient (Wildman–Crippen LogP) is 4.62. The first-order valence-corrected chi connectivity index (χ1v) is 11.2. The lowest BCUT2D eigenvalue weighted by Crippen LogP contribution is -2.32. The third-order valence-corrected chi connectivity index (χ3v) is 6.30. The van der Waals surface area contributed by atoms with Crippen molar-refractivity contribution >= 4 is 5.82 Å². The Morgan fingerprint density at radius 3 is 2.60 bits per heavy atom. The zero-order chi connectivity index (χ0) is 20.3. The second-order valence-electron chi connectivity index (χ2n) is 8.24. The number of nitrogens with one attached hydrogen (secondary N) is 1. The average Bonchev–Trinajstić information content (AvgIpc) is 3.39. The Kier molecular flexibility index (Phi) is 5.45. The van der Waals surface area contributed by atoms with Gasteiger partial charge in [-0.25, -0.2) is 4.68 Å². The van der Waals surface area contributed by atoms with Crippen molar-refractivity contribution in [1.82, 2.24) is 14.7 Å². The summed E-state index contributed by atoms with van der Waals surface area (Å²) >= 11 is 0. The van der Waals surface area contributed by atoms with E-state index in [9.17, 15) is 0 Å². The van der Waals surface area contributed by atoms with E-state index in [0.717, 1.165) is 49.9 Å². The molecule has 5 nitrogen and oxygen atoms in total. The van der Waals surface area contributed by atoms with Crippen LogP contribution < -0.4 is 10.1 Å². The zero-order valence-electron chi connectivity index (χ0n) is 17.7. The van der Waals surface area contributed by atoms with E-state index in [1.54, 1.807) is 0 Å². The van der Waals surface area contributed by atoms with Crippen LogP contribution in [0.15, 0.2) is 54.6 Å². The normalized spacial score (nSPS) is 17.0. The fourth-order valence-corrected chi connectivity index (χ4v) is 4.82. The van der Waals surface area contributed by atoms with Gasteiger partial charge in [-0.3, -0.25) is 4.90 Å². The lowest BCUT2D eigenvalue weighted by atomic mass is 9.90. The number of nitrogens with zero attached hydrogens (tertiary/aromatic N) is 3. The van der Waals surface area contributed by atoms with Crippen LogP contribution in [0.5, 0.6) is 5.75 Å². The maximum absolute atomic E-state index is 5.88. The molecule has 3 heterocycles. The molecule has 1 fully saturated rings. The minimum absolute atomic E-state index is 0.533. The Morgan fingerprint density at radius 2 is 1.80 bits per heavy atom. The Morgan fingerprint density at radius 1 is 1.03 bits per heavy atom. The number of ether oxygens (including phenoxy) is 1. The highest BCUT2D eigenvalue weighted by Gasteiger charge is 2.30. The van der Waals surface area contributed by atoms with Gasteiger partial charge in [0.15, 0.2) is 0 Å². The Balaban J connectivity index is 1.36. The van der Waals surface area contributed by atoms with Crippen molar-refractivity contribution < 1.29 is 4.74 Å². The third kappa shape index (κ3) is 3.70. The molecule has 5 heteroatoms. The summed E-state index contributed by atoms with van der Waals surface area (Å²) in [6.07, 6.45) is 3.40. The predicted molar refractivity (Wildman–Crippen MR) is 121 cm³/mol. The second kappa shape index (κ2) is 8.52. The first-order valence-electron chi connectivity index (χ1n) is 11.2. The van der Waals surface area contributed by atoms with Crippen LogP contribution in [0.4, 0.5) is 5.82 Å². The summed E-state index contributed by atoms with van der Waals surface area (Å²) in [7, 11) is 0. The van der Waals surface area contributed by atoms with E-state index >= 15 is 0 Å². The van der Waals surface area contributed by atoms with Crippen LogP contribution in [0, 0.1) is 0 Å². The first kappa shape index (κ1) is 19.2. The van der Waals surface area contributed by atoms with Crippen molar-refractivity contribution in [3.63, 3.8) is 0 Å². The largest absolute Gasteiger partial charge is 0.492 e. The molecule has 3 aromatic rings. The van der Waals surface area contributed by atoms with Crippen LogP contribution in [-0.2, 0) is 13.0 Å². The number of piperidine rings is 1. The highest BCUT2D eigenvalue weighted by atomic mass is 16.5. The highest BCUT2D eigenvalue weighted by molar-refractivity contribution is 5.60. The van der Waals surface area contributed by atoms with E-state index in [1.165, 1.54) is 29.7 Å². The van der Waals surface area contributed by atoms with Gasteiger partial charge in [0.1, 0.15) is 17.3 Å². The molecule has 0 saturated carbocycles. The Hall–Kier alpha value is -2.79. The Labute approximate surface area is 178 Å². The molecule has 0 amide bonds. The van der Waals surface area contributed by atoms with Crippen molar-refractivity contribution in [3.8, 4) is 11.4 Å². The van der Waals surface area contributed by atoms with E-state index in [1.807, 2.05) is 19.1 Å². The maximum atomic E-state index is 5.88. The molecule has 1 aromatic heterocycles. The molecule has 1 saturated heterocycles. The van der Waals surface area contributed by atoms with Gasteiger partial charge in [-0.05, 0) is 57.0 Å². The number of aromatic nitrogens is 2. The fourth-order valence-electron chi connectivity index (χ4n) is 4.82. The highest BCUT2D eigenvalue weighted by Crippen LogP contribution is 2.38. The quantitative estimate of drug-likeness (QED) is 0.653. The van der Waals surface area contributed by atoms with Crippen molar-refractivity contribution in [2.75, 3.05) is 31.6 Å². The molecule has 2 aliphatic rings. The smallest absolute Gasteiger partial charge is 0.145 e. The van der Waals surface area contributed by atoms with E-state index < -0.39 is 0 Å². The number of likely N-dealkylation sites (tertiary alicyclic amines) is 1. The van der Waals surface area contributed by atoms with Crippen LogP contribution in [0.25, 0.3) is 5.69 Å². The molecule has 0 atom stereocenters. The number of fused-ring (bicyclic) bond motifs is 1. The van der Waals surface area contributed by atoms with Gasteiger partial charge in [-0.15, -0.1) is 0 Å². The minimum atomic E-state index is 0.533. The van der Waals surface area contributed by atoms with E-state index in [-0.39, 0.29) is 0 Å². The molecule has 0 radical (unpaired) electrons. The van der Waals surface area contributed by atoms with Crippen molar-refractivity contribution in [2.24, 2.45) is 0 Å². The molecule has 1 N–H and O–H groups in total. The number of para-hydroxylation sites is 2. The molecule has 2 aromatic carbocycles. The second-order valence-corrected chi connectivity index (χ2v) is 8.24. The van der Waals surface area contributed by atoms with Gasteiger partial charge in [0.25, 0.3) is 0 Å². The molecule has 30 heavy (non-hydrogen) atoms. The van der Waals surface area contributed by atoms with E-state index in [2.05, 4.69) is 57.4 Å². The summed E-state index contributed by atoms with van der Waals surface area (Å²) in [6, 6.07) is 19.0. The molecule has 5 rings (SSSR count). The standard InChI is InChI=1S/C25H30N4O/c1-2-30-23-11-7-6-10-22(23)29-25-21(12-15-26-25)24(27-29)20-13-16-28(17-14-20)18-19-8-4-3-5-9-19/h3-11,20,26H,2,12-18H2,1H3. The van der Waals surface area contributed by atoms with Gasteiger partial charge in [0, 0.05) is 24.6 Å². The molecule has 0 aliphatic carbocycles. The van der Waals surface area contributed by atoms with Crippen LogP contribution in [0.1, 0.15) is 42.5 Å². The van der Waals surface area contributed by atoms with Gasteiger partial charge in [0.2, 0.25) is 0 Å². The number of rotatable bonds is 6. The summed E-state index contributed by atoms with van der Waals surface area (Å²) in [5.41, 5.74) is 5.12. The summed E-state index contributed by atoms with van der Waals surface area (Å²) in [5, 5.41) is 8.71. The minimum Gasteiger partial charge on any atom is -0.492 e. The third-order valence-electron chi connectivity index (χ3n) is 6.30.